The highest BCUT2D eigenvalue weighted by atomic mass is 16.6. The van der Waals surface area contributed by atoms with Gasteiger partial charge in [-0.2, -0.15) is 0 Å². The molecule has 1 aliphatic carbocycles. The highest BCUT2D eigenvalue weighted by molar-refractivity contribution is 5.25. The van der Waals surface area contributed by atoms with Crippen LogP contribution in [0.3, 0.4) is 0 Å². The van der Waals surface area contributed by atoms with E-state index < -0.39 is 0 Å². The van der Waals surface area contributed by atoms with E-state index in [1.165, 1.54) is 12.0 Å². The van der Waals surface area contributed by atoms with E-state index in [-0.39, 0.29) is 12.2 Å². The molecule has 129 valence electrons. The van der Waals surface area contributed by atoms with Gasteiger partial charge in [0, 0.05) is 12.5 Å². The standard InChI is InChI=1S/C21H27O3/c1-2-3-12-22-14-17-8-7-11-19(13-17)21-16-23-15-20(24-21)18-9-5-4-6-10-18/h5-11,17,20-21H,2-3,12-16H2,1H3. The fraction of sp³-hybridized carbons (Fsp3) is 0.524. The third-order valence-corrected chi connectivity index (χ3v) is 4.56. The molecular formula is C21H27O3. The molecule has 0 bridgehead atoms. The molecule has 24 heavy (non-hydrogen) atoms. The zero-order valence-corrected chi connectivity index (χ0v) is 14.4. The second-order valence-electron chi connectivity index (χ2n) is 6.50. The lowest BCUT2D eigenvalue weighted by molar-refractivity contribution is -0.127. The molecule has 2 aliphatic rings. The number of benzene rings is 1. The van der Waals surface area contributed by atoms with Crippen molar-refractivity contribution in [3.63, 3.8) is 0 Å². The molecule has 1 radical (unpaired) electrons. The van der Waals surface area contributed by atoms with Crippen LogP contribution < -0.4 is 0 Å². The van der Waals surface area contributed by atoms with Crippen molar-refractivity contribution in [3.8, 4) is 0 Å². The lowest BCUT2D eigenvalue weighted by atomic mass is 9.91. The first kappa shape index (κ1) is 17.4. The van der Waals surface area contributed by atoms with Crippen molar-refractivity contribution in [2.45, 2.75) is 38.4 Å². The summed E-state index contributed by atoms with van der Waals surface area (Å²) in [7, 11) is 0. The minimum Gasteiger partial charge on any atom is -0.381 e. The van der Waals surface area contributed by atoms with Gasteiger partial charge >= 0.3 is 0 Å². The van der Waals surface area contributed by atoms with Gasteiger partial charge in [-0.25, -0.2) is 0 Å². The molecule has 0 N–H and O–H groups in total. The Balaban J connectivity index is 1.54. The molecule has 0 aromatic heterocycles. The van der Waals surface area contributed by atoms with Crippen LogP contribution in [0.25, 0.3) is 0 Å². The minimum atomic E-state index is 0.00408. The third kappa shape index (κ3) is 4.79. The van der Waals surface area contributed by atoms with E-state index in [2.05, 4.69) is 43.4 Å². The van der Waals surface area contributed by atoms with E-state index in [4.69, 9.17) is 14.2 Å². The van der Waals surface area contributed by atoms with E-state index in [9.17, 15) is 0 Å². The van der Waals surface area contributed by atoms with E-state index >= 15 is 0 Å². The van der Waals surface area contributed by atoms with E-state index in [0.29, 0.717) is 19.1 Å². The maximum atomic E-state index is 6.32. The molecule has 0 amide bonds. The number of unbranched alkanes of at least 4 members (excludes halogenated alkanes) is 1. The van der Waals surface area contributed by atoms with Gasteiger partial charge in [-0.05, 0) is 30.0 Å². The number of rotatable bonds is 7. The Hall–Kier alpha value is -1.42. The van der Waals surface area contributed by atoms with Crippen LogP contribution in [0, 0.1) is 12.0 Å². The van der Waals surface area contributed by atoms with Gasteiger partial charge in [-0.1, -0.05) is 55.8 Å². The van der Waals surface area contributed by atoms with Gasteiger partial charge in [-0.15, -0.1) is 0 Å². The molecule has 1 saturated heterocycles. The summed E-state index contributed by atoms with van der Waals surface area (Å²) in [5.74, 6) is 0.442. The van der Waals surface area contributed by atoms with Crippen molar-refractivity contribution >= 4 is 0 Å². The highest BCUT2D eigenvalue weighted by Gasteiger charge is 2.28. The molecule has 1 fully saturated rings. The maximum absolute atomic E-state index is 6.32. The summed E-state index contributed by atoms with van der Waals surface area (Å²) in [6, 6.07) is 11.0. The fourth-order valence-electron chi connectivity index (χ4n) is 3.15. The average Bonchev–Trinajstić information content (AvgIpc) is 2.66. The normalized spacial score (nSPS) is 27.0. The molecule has 3 heteroatoms. The number of ether oxygens (including phenoxy) is 3. The monoisotopic (exact) mass is 327 g/mol. The van der Waals surface area contributed by atoms with Crippen LogP contribution in [0.1, 0.15) is 37.9 Å². The van der Waals surface area contributed by atoms with Gasteiger partial charge in [0.15, 0.2) is 0 Å². The van der Waals surface area contributed by atoms with Crippen molar-refractivity contribution in [1.82, 2.24) is 0 Å². The summed E-state index contributed by atoms with van der Waals surface area (Å²) in [5, 5.41) is 0. The molecule has 1 aromatic carbocycles. The van der Waals surface area contributed by atoms with Gasteiger partial charge in [0.1, 0.15) is 12.2 Å². The summed E-state index contributed by atoms with van der Waals surface area (Å²) in [6.07, 6.45) is 9.90. The maximum Gasteiger partial charge on any atom is 0.107 e. The summed E-state index contributed by atoms with van der Waals surface area (Å²) >= 11 is 0. The Morgan fingerprint density at radius 3 is 2.88 bits per heavy atom. The van der Waals surface area contributed by atoms with Crippen LogP contribution in [0.5, 0.6) is 0 Å². The topological polar surface area (TPSA) is 27.7 Å². The molecule has 3 nitrogen and oxygen atoms in total. The van der Waals surface area contributed by atoms with Crippen LogP contribution in [0.15, 0.2) is 48.1 Å². The van der Waals surface area contributed by atoms with E-state index in [0.717, 1.165) is 31.6 Å². The molecule has 3 rings (SSSR count). The zero-order chi connectivity index (χ0) is 16.6. The van der Waals surface area contributed by atoms with Crippen molar-refractivity contribution < 1.29 is 14.2 Å². The summed E-state index contributed by atoms with van der Waals surface area (Å²) < 4.78 is 17.9. The molecule has 1 heterocycles. The molecule has 1 aliphatic heterocycles. The highest BCUT2D eigenvalue weighted by Crippen LogP contribution is 2.30. The molecule has 0 spiro atoms. The Bertz CT molecular complexity index is 549. The average molecular weight is 327 g/mol. The smallest absolute Gasteiger partial charge is 0.107 e. The molecule has 3 unspecified atom stereocenters. The van der Waals surface area contributed by atoms with Crippen LogP contribution in [-0.4, -0.2) is 32.5 Å². The molecule has 3 atom stereocenters. The number of hydrogen-bond acceptors (Lipinski definition) is 3. The van der Waals surface area contributed by atoms with E-state index in [1.807, 2.05) is 12.1 Å². The predicted molar refractivity (Wildman–Crippen MR) is 94.8 cm³/mol. The summed E-state index contributed by atoms with van der Waals surface area (Å²) in [5.41, 5.74) is 2.47. The van der Waals surface area contributed by atoms with Crippen molar-refractivity contribution in [2.24, 2.45) is 5.92 Å². The van der Waals surface area contributed by atoms with Crippen molar-refractivity contribution in [3.05, 3.63) is 59.7 Å². The minimum absolute atomic E-state index is 0.00408. The first-order valence-electron chi connectivity index (χ1n) is 9.01. The van der Waals surface area contributed by atoms with Gasteiger partial charge in [-0.3, -0.25) is 0 Å². The summed E-state index contributed by atoms with van der Waals surface area (Å²) in [4.78, 5) is 0. The summed E-state index contributed by atoms with van der Waals surface area (Å²) in [6.45, 7) is 5.09. The van der Waals surface area contributed by atoms with Crippen LogP contribution >= 0.6 is 0 Å². The Morgan fingerprint density at radius 2 is 2.04 bits per heavy atom. The number of allylic oxidation sites excluding steroid dienone is 2. The van der Waals surface area contributed by atoms with Crippen LogP contribution in [0.2, 0.25) is 0 Å². The predicted octanol–water partition coefficient (Wildman–Crippen LogP) is 4.26. The SMILES string of the molecule is CCCCOCC1C=CC=C(C2COCC(c3cc[c]cc3)O2)C1. The Morgan fingerprint density at radius 1 is 1.21 bits per heavy atom. The lowest BCUT2D eigenvalue weighted by Crippen LogP contribution is -2.34. The van der Waals surface area contributed by atoms with Crippen LogP contribution in [-0.2, 0) is 14.2 Å². The van der Waals surface area contributed by atoms with Gasteiger partial charge in [0.25, 0.3) is 0 Å². The fourth-order valence-corrected chi connectivity index (χ4v) is 3.15. The molecule has 0 saturated carbocycles. The lowest BCUT2D eigenvalue weighted by Gasteiger charge is -2.33. The largest absolute Gasteiger partial charge is 0.381 e. The van der Waals surface area contributed by atoms with Crippen molar-refractivity contribution in [1.29, 1.82) is 0 Å². The molecule has 1 aromatic rings. The third-order valence-electron chi connectivity index (χ3n) is 4.56. The second-order valence-corrected chi connectivity index (χ2v) is 6.50. The number of hydrogen-bond donors (Lipinski definition) is 0. The Labute approximate surface area is 145 Å². The zero-order valence-electron chi connectivity index (χ0n) is 14.4. The van der Waals surface area contributed by atoms with Gasteiger partial charge in [0.05, 0.1) is 19.8 Å². The van der Waals surface area contributed by atoms with E-state index in [1.54, 1.807) is 0 Å². The Kier molecular flexibility index (Phi) is 6.65. The van der Waals surface area contributed by atoms with Gasteiger partial charge < -0.3 is 14.2 Å². The first-order valence-corrected chi connectivity index (χ1v) is 9.01. The van der Waals surface area contributed by atoms with Crippen molar-refractivity contribution in [2.75, 3.05) is 26.4 Å². The molecular weight excluding hydrogens is 300 g/mol. The van der Waals surface area contributed by atoms with Crippen LogP contribution in [0.4, 0.5) is 0 Å². The second kappa shape index (κ2) is 9.16. The quantitative estimate of drug-likeness (QED) is 0.700. The first-order chi connectivity index (χ1) is 11.9. The van der Waals surface area contributed by atoms with Gasteiger partial charge in [0.2, 0.25) is 0 Å².